The van der Waals surface area contributed by atoms with Crippen LogP contribution in [-0.2, 0) is 38.1 Å². The van der Waals surface area contributed by atoms with Gasteiger partial charge in [0.05, 0.1) is 23.7 Å². The molecule has 5 rings (SSSR count). The summed E-state index contributed by atoms with van der Waals surface area (Å²) in [4.78, 5) is 54.6. The Morgan fingerprint density at radius 2 is 1.38 bits per heavy atom. The highest BCUT2D eigenvalue weighted by atomic mass is 16.8. The van der Waals surface area contributed by atoms with Crippen LogP contribution >= 0.6 is 0 Å². The standard InChI is InChI=1S/C34H52O8/c1-10-12-33(40-26(35)22-16-31(6,7)17-22)30(39-28(37)24-11-13-32(24,8)9)34(33,41-27(36)23-15-18(2)21(23)5)42-29(38)25-19(3)14-20(25)4/h18-25,30H,10-17H2,1-9H3. The Kier molecular flexibility index (Phi) is 7.83. The van der Waals surface area contributed by atoms with Crippen LogP contribution in [0.5, 0.6) is 0 Å². The van der Waals surface area contributed by atoms with Gasteiger partial charge in [-0.2, -0.15) is 0 Å². The highest BCUT2D eigenvalue weighted by Gasteiger charge is 2.90. The topological polar surface area (TPSA) is 105 Å². The minimum absolute atomic E-state index is 0.0381. The lowest BCUT2D eigenvalue weighted by Gasteiger charge is -2.42. The highest BCUT2D eigenvalue weighted by Crippen LogP contribution is 2.63. The molecule has 5 aliphatic rings. The molecule has 0 aliphatic heterocycles. The first kappa shape index (κ1) is 31.3. The average molecular weight is 589 g/mol. The van der Waals surface area contributed by atoms with Crippen LogP contribution in [0.3, 0.4) is 0 Å². The molecule has 5 aliphatic carbocycles. The highest BCUT2D eigenvalue weighted by molar-refractivity contribution is 5.81. The SMILES string of the molecule is CCCC1(OC(=O)C2CC(C)(C)C2)C(OC(=O)C2CCC2(C)C)C1(OC(=O)C1CC(C)C1C)OC(=O)C1C(C)CC1C. The second-order valence-electron chi connectivity index (χ2n) is 16.1. The van der Waals surface area contributed by atoms with Crippen LogP contribution < -0.4 is 0 Å². The predicted molar refractivity (Wildman–Crippen MR) is 154 cm³/mol. The molecular weight excluding hydrogens is 536 g/mol. The maximum atomic E-state index is 13.8. The molecule has 0 saturated heterocycles. The van der Waals surface area contributed by atoms with Gasteiger partial charge in [0.1, 0.15) is 0 Å². The zero-order chi connectivity index (χ0) is 31.0. The average Bonchev–Trinajstić information content (AvgIpc) is 3.34. The maximum Gasteiger partial charge on any atom is 0.342 e. The molecule has 0 aromatic rings. The molecule has 5 fully saturated rings. The van der Waals surface area contributed by atoms with Crippen molar-refractivity contribution in [3.63, 3.8) is 0 Å². The van der Waals surface area contributed by atoms with Gasteiger partial charge >= 0.3 is 29.7 Å². The molecule has 8 heteroatoms. The summed E-state index contributed by atoms with van der Waals surface area (Å²) < 4.78 is 24.9. The molecule has 0 heterocycles. The van der Waals surface area contributed by atoms with Crippen molar-refractivity contribution in [2.24, 2.45) is 58.2 Å². The van der Waals surface area contributed by atoms with Crippen LogP contribution in [0, 0.1) is 58.2 Å². The van der Waals surface area contributed by atoms with Crippen molar-refractivity contribution in [1.82, 2.24) is 0 Å². The van der Waals surface area contributed by atoms with Crippen LogP contribution in [0.15, 0.2) is 0 Å². The smallest absolute Gasteiger partial charge is 0.342 e. The van der Waals surface area contributed by atoms with E-state index in [1.165, 1.54) is 0 Å². The van der Waals surface area contributed by atoms with E-state index in [1.807, 2.05) is 41.5 Å². The van der Waals surface area contributed by atoms with Crippen LogP contribution in [0.25, 0.3) is 0 Å². The van der Waals surface area contributed by atoms with Gasteiger partial charge in [-0.1, -0.05) is 68.7 Å². The van der Waals surface area contributed by atoms with Crippen LogP contribution in [0.1, 0.15) is 114 Å². The van der Waals surface area contributed by atoms with E-state index in [1.54, 1.807) is 0 Å². The molecule has 0 aromatic heterocycles. The molecule has 0 bridgehead atoms. The summed E-state index contributed by atoms with van der Waals surface area (Å²) >= 11 is 0. The Balaban J connectivity index is 1.50. The molecule has 0 spiro atoms. The number of hydrogen-bond acceptors (Lipinski definition) is 8. The third-order valence-electron chi connectivity index (χ3n) is 11.9. The fraction of sp³-hybridized carbons (Fsp3) is 0.882. The summed E-state index contributed by atoms with van der Waals surface area (Å²) in [5.41, 5.74) is -1.77. The Morgan fingerprint density at radius 1 is 0.762 bits per heavy atom. The first-order valence-corrected chi connectivity index (χ1v) is 16.4. The minimum atomic E-state index is -2.00. The van der Waals surface area contributed by atoms with Crippen molar-refractivity contribution in [2.45, 2.75) is 131 Å². The maximum absolute atomic E-state index is 13.8. The molecule has 5 saturated carbocycles. The number of ether oxygens (including phenoxy) is 4. The predicted octanol–water partition coefficient (Wildman–Crippen LogP) is 6.23. The molecule has 0 radical (unpaired) electrons. The lowest BCUT2D eigenvalue weighted by atomic mass is 9.62. The van der Waals surface area contributed by atoms with Gasteiger partial charge in [0.15, 0.2) is 0 Å². The summed E-state index contributed by atoms with van der Waals surface area (Å²) in [5, 5.41) is 0. The molecule has 0 N–H and O–H groups in total. The van der Waals surface area contributed by atoms with Crippen molar-refractivity contribution >= 4 is 23.9 Å². The number of rotatable bonds is 10. The van der Waals surface area contributed by atoms with Crippen molar-refractivity contribution in [3.05, 3.63) is 0 Å². The van der Waals surface area contributed by atoms with E-state index in [-0.39, 0.29) is 58.7 Å². The van der Waals surface area contributed by atoms with Crippen molar-refractivity contribution < 1.29 is 38.1 Å². The number of hydrogen-bond donors (Lipinski definition) is 0. The van der Waals surface area contributed by atoms with Crippen molar-refractivity contribution in [3.8, 4) is 0 Å². The number of carbonyl (C=O) groups is 4. The van der Waals surface area contributed by atoms with E-state index >= 15 is 0 Å². The normalized spacial score (nSPS) is 42.9. The second-order valence-corrected chi connectivity index (χ2v) is 16.1. The molecule has 0 amide bonds. The monoisotopic (exact) mass is 588 g/mol. The molecular formula is C34H52O8. The van der Waals surface area contributed by atoms with E-state index < -0.39 is 41.4 Å². The van der Waals surface area contributed by atoms with E-state index in [0.717, 1.165) is 12.8 Å². The Bertz CT molecular complexity index is 1110. The Labute approximate surface area is 251 Å². The van der Waals surface area contributed by atoms with Crippen molar-refractivity contribution in [2.75, 3.05) is 0 Å². The lowest BCUT2D eigenvalue weighted by Crippen LogP contribution is -2.49. The third-order valence-corrected chi connectivity index (χ3v) is 11.9. The second kappa shape index (κ2) is 10.5. The molecule has 8 nitrogen and oxygen atoms in total. The first-order valence-electron chi connectivity index (χ1n) is 16.4. The first-order chi connectivity index (χ1) is 19.5. The summed E-state index contributed by atoms with van der Waals surface area (Å²) in [6.45, 7) is 18.3. The van der Waals surface area contributed by atoms with Crippen LogP contribution in [0.2, 0.25) is 0 Å². The molecule has 236 valence electrons. The summed E-state index contributed by atoms with van der Waals surface area (Å²) in [7, 11) is 0. The van der Waals surface area contributed by atoms with Crippen LogP contribution in [-0.4, -0.2) is 41.4 Å². The summed E-state index contributed by atoms with van der Waals surface area (Å²) in [5.74, 6) is -4.49. The zero-order valence-electron chi connectivity index (χ0n) is 27.1. The van der Waals surface area contributed by atoms with E-state index in [0.29, 0.717) is 38.0 Å². The van der Waals surface area contributed by atoms with E-state index in [9.17, 15) is 19.2 Å². The van der Waals surface area contributed by atoms with Gasteiger partial charge in [-0.3, -0.25) is 19.2 Å². The van der Waals surface area contributed by atoms with Gasteiger partial charge in [-0.25, -0.2) is 0 Å². The largest absolute Gasteiger partial charge is 0.449 e. The number of esters is 4. The Morgan fingerprint density at radius 3 is 1.83 bits per heavy atom. The van der Waals surface area contributed by atoms with Gasteiger partial charge in [-0.05, 0) is 79.4 Å². The zero-order valence-corrected chi connectivity index (χ0v) is 27.1. The van der Waals surface area contributed by atoms with E-state index in [4.69, 9.17) is 18.9 Å². The lowest BCUT2D eigenvalue weighted by molar-refractivity contribution is -0.236. The fourth-order valence-electron chi connectivity index (χ4n) is 8.44. The molecule has 42 heavy (non-hydrogen) atoms. The summed E-state index contributed by atoms with van der Waals surface area (Å²) in [6, 6.07) is 0. The molecule has 9 unspecified atom stereocenters. The van der Waals surface area contributed by atoms with Gasteiger partial charge in [0, 0.05) is 0 Å². The van der Waals surface area contributed by atoms with E-state index in [2.05, 4.69) is 20.8 Å². The van der Waals surface area contributed by atoms with Gasteiger partial charge in [0.25, 0.3) is 0 Å². The Hall–Kier alpha value is -2.12. The summed E-state index contributed by atoms with van der Waals surface area (Å²) in [6.07, 6.45) is 4.06. The van der Waals surface area contributed by atoms with Gasteiger partial charge in [-0.15, -0.1) is 0 Å². The third kappa shape index (κ3) is 4.96. The van der Waals surface area contributed by atoms with Crippen LogP contribution in [0.4, 0.5) is 0 Å². The molecule has 9 atom stereocenters. The quantitative estimate of drug-likeness (QED) is 0.168. The van der Waals surface area contributed by atoms with Crippen molar-refractivity contribution in [1.29, 1.82) is 0 Å². The van der Waals surface area contributed by atoms with Gasteiger partial charge in [0.2, 0.25) is 11.7 Å². The fourth-order valence-corrected chi connectivity index (χ4v) is 8.44. The number of carbonyl (C=O) groups excluding carboxylic acids is 4. The minimum Gasteiger partial charge on any atom is -0.449 e. The van der Waals surface area contributed by atoms with Gasteiger partial charge < -0.3 is 18.9 Å². The molecule has 0 aromatic carbocycles.